The summed E-state index contributed by atoms with van der Waals surface area (Å²) in [4.78, 5) is 4.25. The maximum Gasteiger partial charge on any atom is 0.0818 e. The third-order valence-corrected chi connectivity index (χ3v) is 3.42. The summed E-state index contributed by atoms with van der Waals surface area (Å²) in [5.41, 5.74) is 3.08. The van der Waals surface area contributed by atoms with Gasteiger partial charge in [0.1, 0.15) is 0 Å². The summed E-state index contributed by atoms with van der Waals surface area (Å²) in [6.45, 7) is 18.4. The van der Waals surface area contributed by atoms with Gasteiger partial charge < -0.3 is 5.32 Å². The fourth-order valence-electron chi connectivity index (χ4n) is 1.96. The Morgan fingerprint density at radius 1 is 1.16 bits per heavy atom. The minimum Gasteiger partial charge on any atom is -0.380 e. The van der Waals surface area contributed by atoms with Crippen molar-refractivity contribution in [1.29, 1.82) is 0 Å². The van der Waals surface area contributed by atoms with Gasteiger partial charge in [-0.25, -0.2) is 0 Å². The van der Waals surface area contributed by atoms with Crippen LogP contribution in [0.25, 0.3) is 5.70 Å². The monoisotopic (exact) mass is 258 g/mol. The standard InChI is InChI=1S/C17H26N2/c1-8-17(6,18-7)15-11-9-14(10-12-15)13(2)19-16(3,4)5/h9-12,19H,2,7-8H2,1,3-6H3. The van der Waals surface area contributed by atoms with Crippen LogP contribution < -0.4 is 5.32 Å². The molecule has 0 radical (unpaired) electrons. The van der Waals surface area contributed by atoms with Crippen molar-refractivity contribution in [3.63, 3.8) is 0 Å². The Morgan fingerprint density at radius 2 is 1.68 bits per heavy atom. The van der Waals surface area contributed by atoms with Crippen LogP contribution in [-0.4, -0.2) is 12.3 Å². The van der Waals surface area contributed by atoms with Gasteiger partial charge in [0.2, 0.25) is 0 Å². The minimum atomic E-state index is -0.197. The fraction of sp³-hybridized carbons (Fsp3) is 0.471. The van der Waals surface area contributed by atoms with E-state index in [1.807, 2.05) is 0 Å². The van der Waals surface area contributed by atoms with Crippen LogP contribution in [0, 0.1) is 0 Å². The summed E-state index contributed by atoms with van der Waals surface area (Å²) in [6, 6.07) is 8.41. The molecule has 0 spiro atoms. The number of hydrogen-bond donors (Lipinski definition) is 1. The Balaban J connectivity index is 2.94. The SMILES string of the molecule is C=NC(C)(CC)c1ccc(C(=C)NC(C)(C)C)cc1. The number of rotatable bonds is 5. The molecule has 1 aromatic carbocycles. The molecule has 0 aliphatic rings. The van der Waals surface area contributed by atoms with Crippen LogP contribution in [0.4, 0.5) is 0 Å². The number of benzene rings is 1. The fourth-order valence-corrected chi connectivity index (χ4v) is 1.96. The van der Waals surface area contributed by atoms with Gasteiger partial charge in [-0.15, -0.1) is 0 Å². The van der Waals surface area contributed by atoms with E-state index >= 15 is 0 Å². The number of nitrogens with one attached hydrogen (secondary N) is 1. The highest BCUT2D eigenvalue weighted by Crippen LogP contribution is 2.29. The van der Waals surface area contributed by atoms with Gasteiger partial charge in [0.25, 0.3) is 0 Å². The molecule has 0 amide bonds. The largest absolute Gasteiger partial charge is 0.380 e. The van der Waals surface area contributed by atoms with Gasteiger partial charge in [0.05, 0.1) is 5.54 Å². The first-order chi connectivity index (χ1) is 8.72. The molecule has 0 aliphatic heterocycles. The van der Waals surface area contributed by atoms with Crippen LogP contribution in [-0.2, 0) is 5.54 Å². The zero-order chi connectivity index (χ0) is 14.7. The Kier molecular flexibility index (Phi) is 4.56. The number of aliphatic imine (C=N–C) groups is 1. The molecule has 0 bridgehead atoms. The van der Waals surface area contributed by atoms with E-state index in [9.17, 15) is 0 Å². The van der Waals surface area contributed by atoms with Crippen LogP contribution in [0.1, 0.15) is 52.2 Å². The predicted molar refractivity (Wildman–Crippen MR) is 85.6 cm³/mol. The molecule has 0 fully saturated rings. The lowest BCUT2D eigenvalue weighted by molar-refractivity contribution is 0.483. The molecule has 1 rings (SSSR count). The Hall–Kier alpha value is -1.57. The van der Waals surface area contributed by atoms with Gasteiger partial charge in [-0.3, -0.25) is 4.99 Å². The van der Waals surface area contributed by atoms with Gasteiger partial charge in [-0.2, -0.15) is 0 Å². The summed E-state index contributed by atoms with van der Waals surface area (Å²) >= 11 is 0. The highest BCUT2D eigenvalue weighted by atomic mass is 15.0. The second kappa shape index (κ2) is 5.60. The van der Waals surface area contributed by atoms with Crippen molar-refractivity contribution in [2.45, 2.75) is 52.1 Å². The van der Waals surface area contributed by atoms with Crippen molar-refractivity contribution >= 4 is 12.4 Å². The third kappa shape index (κ3) is 3.95. The number of nitrogens with zero attached hydrogens (tertiary/aromatic N) is 1. The molecule has 2 nitrogen and oxygen atoms in total. The third-order valence-electron chi connectivity index (χ3n) is 3.42. The van der Waals surface area contributed by atoms with Crippen molar-refractivity contribution in [3.8, 4) is 0 Å². The average molecular weight is 258 g/mol. The van der Waals surface area contributed by atoms with Crippen molar-refractivity contribution < 1.29 is 0 Å². The van der Waals surface area contributed by atoms with E-state index in [-0.39, 0.29) is 11.1 Å². The van der Waals surface area contributed by atoms with Crippen LogP contribution in [0.2, 0.25) is 0 Å². The molecule has 0 saturated heterocycles. The summed E-state index contributed by atoms with van der Waals surface area (Å²) in [7, 11) is 0. The first-order valence-electron chi connectivity index (χ1n) is 6.78. The van der Waals surface area contributed by atoms with Crippen molar-refractivity contribution in [3.05, 3.63) is 42.0 Å². The van der Waals surface area contributed by atoms with Crippen molar-refractivity contribution in [1.82, 2.24) is 5.32 Å². The first kappa shape index (κ1) is 15.5. The predicted octanol–water partition coefficient (Wildman–Crippen LogP) is 4.37. The molecule has 0 saturated carbocycles. The Labute approximate surface area is 117 Å². The van der Waals surface area contributed by atoms with Gasteiger partial charge >= 0.3 is 0 Å². The van der Waals surface area contributed by atoms with E-state index < -0.39 is 0 Å². The average Bonchev–Trinajstić information content (AvgIpc) is 2.36. The molecule has 1 aromatic rings. The molecule has 2 heteroatoms. The van der Waals surface area contributed by atoms with E-state index in [0.29, 0.717) is 0 Å². The van der Waals surface area contributed by atoms with Gasteiger partial charge in [-0.05, 0) is 52.0 Å². The summed E-state index contributed by atoms with van der Waals surface area (Å²) in [5, 5.41) is 3.39. The van der Waals surface area contributed by atoms with Crippen LogP contribution >= 0.6 is 0 Å². The molecule has 1 atom stereocenters. The summed E-state index contributed by atoms with van der Waals surface area (Å²) in [5.74, 6) is 0. The smallest absolute Gasteiger partial charge is 0.0818 e. The van der Waals surface area contributed by atoms with E-state index in [2.05, 4.69) is 82.5 Å². The summed E-state index contributed by atoms with van der Waals surface area (Å²) < 4.78 is 0. The molecule has 19 heavy (non-hydrogen) atoms. The maximum atomic E-state index is 4.25. The van der Waals surface area contributed by atoms with Gasteiger partial charge in [0, 0.05) is 11.2 Å². The van der Waals surface area contributed by atoms with Gasteiger partial charge in [0.15, 0.2) is 0 Å². The molecule has 0 aromatic heterocycles. The highest BCUT2D eigenvalue weighted by Gasteiger charge is 2.22. The molecular weight excluding hydrogens is 232 g/mol. The second-order valence-corrected chi connectivity index (χ2v) is 6.22. The summed E-state index contributed by atoms with van der Waals surface area (Å²) in [6.07, 6.45) is 0.942. The second-order valence-electron chi connectivity index (χ2n) is 6.22. The lowest BCUT2D eigenvalue weighted by Gasteiger charge is -2.26. The lowest BCUT2D eigenvalue weighted by Crippen LogP contribution is -2.33. The maximum absolute atomic E-state index is 4.25. The van der Waals surface area contributed by atoms with E-state index in [1.165, 1.54) is 5.56 Å². The van der Waals surface area contributed by atoms with E-state index in [0.717, 1.165) is 17.7 Å². The minimum absolute atomic E-state index is 0.0242. The zero-order valence-electron chi connectivity index (χ0n) is 12.9. The number of hydrogen-bond acceptors (Lipinski definition) is 2. The molecule has 0 aliphatic carbocycles. The van der Waals surface area contributed by atoms with Crippen LogP contribution in [0.5, 0.6) is 0 Å². The molecule has 0 heterocycles. The lowest BCUT2D eigenvalue weighted by atomic mass is 9.89. The Morgan fingerprint density at radius 3 is 2.05 bits per heavy atom. The molecule has 1 unspecified atom stereocenters. The van der Waals surface area contributed by atoms with E-state index in [4.69, 9.17) is 0 Å². The van der Waals surface area contributed by atoms with Crippen LogP contribution in [0.15, 0.2) is 35.8 Å². The van der Waals surface area contributed by atoms with E-state index in [1.54, 1.807) is 0 Å². The topological polar surface area (TPSA) is 24.4 Å². The molecular formula is C17H26N2. The Bertz CT molecular complexity index is 451. The first-order valence-corrected chi connectivity index (χ1v) is 6.78. The van der Waals surface area contributed by atoms with Crippen molar-refractivity contribution in [2.75, 3.05) is 0 Å². The van der Waals surface area contributed by atoms with Crippen LogP contribution in [0.3, 0.4) is 0 Å². The quantitative estimate of drug-likeness (QED) is 0.779. The normalized spacial score (nSPS) is 14.6. The highest BCUT2D eigenvalue weighted by molar-refractivity contribution is 5.62. The molecule has 1 N–H and O–H groups in total. The molecule has 104 valence electrons. The zero-order valence-corrected chi connectivity index (χ0v) is 12.9. The van der Waals surface area contributed by atoms with Gasteiger partial charge in [-0.1, -0.05) is 37.8 Å². The van der Waals surface area contributed by atoms with Crippen molar-refractivity contribution in [2.24, 2.45) is 4.99 Å².